The number of nitrogens with zero attached hydrogens (tertiary/aromatic N) is 2. The number of amides is 1. The Bertz CT molecular complexity index is 750. The third kappa shape index (κ3) is 4.88. The third-order valence-corrected chi connectivity index (χ3v) is 5.28. The summed E-state index contributed by atoms with van der Waals surface area (Å²) in [7, 11) is 0. The average Bonchev–Trinajstić information content (AvgIpc) is 2.82. The molecule has 2 rings (SSSR count). The van der Waals surface area contributed by atoms with Crippen molar-refractivity contribution in [1.29, 1.82) is 0 Å². The Labute approximate surface area is 155 Å². The van der Waals surface area contributed by atoms with E-state index in [0.717, 1.165) is 35.1 Å². The van der Waals surface area contributed by atoms with Crippen LogP contribution in [0.2, 0.25) is 0 Å². The molecule has 0 saturated heterocycles. The molecule has 0 fully saturated rings. The monoisotopic (exact) mass is 359 g/mol. The van der Waals surface area contributed by atoms with E-state index in [1.165, 1.54) is 23.0 Å². The van der Waals surface area contributed by atoms with Gasteiger partial charge < -0.3 is 9.88 Å². The van der Waals surface area contributed by atoms with E-state index in [4.69, 9.17) is 0 Å². The van der Waals surface area contributed by atoms with Crippen molar-refractivity contribution < 1.29 is 4.79 Å². The summed E-state index contributed by atoms with van der Waals surface area (Å²) in [5, 5.41) is 4.01. The number of benzene rings is 1. The Balaban J connectivity index is 2.07. The van der Waals surface area contributed by atoms with E-state index in [0.29, 0.717) is 11.7 Å². The maximum Gasteiger partial charge on any atom is 0.234 e. The normalized spacial score (nSPS) is 11.2. The van der Waals surface area contributed by atoms with Crippen LogP contribution in [0.15, 0.2) is 23.4 Å². The second-order valence-corrected chi connectivity index (χ2v) is 7.81. The zero-order valence-electron chi connectivity index (χ0n) is 16.1. The number of thioether (sulfide) groups is 1. The molecule has 0 aliphatic rings. The summed E-state index contributed by atoms with van der Waals surface area (Å²) < 4.78 is 2.23. The Kier molecular flexibility index (Phi) is 6.71. The lowest BCUT2D eigenvalue weighted by molar-refractivity contribution is -0.113. The minimum atomic E-state index is 0.0170. The Morgan fingerprint density at radius 2 is 2.00 bits per heavy atom. The highest BCUT2D eigenvalue weighted by atomic mass is 32.2. The van der Waals surface area contributed by atoms with Crippen LogP contribution in [0.25, 0.3) is 0 Å². The van der Waals surface area contributed by atoms with Crippen LogP contribution in [0.5, 0.6) is 0 Å². The van der Waals surface area contributed by atoms with Crippen molar-refractivity contribution in [3.05, 3.63) is 40.7 Å². The number of para-hydroxylation sites is 1. The predicted octanol–water partition coefficient (Wildman–Crippen LogP) is 4.76. The van der Waals surface area contributed by atoms with E-state index in [-0.39, 0.29) is 5.91 Å². The number of carbonyl (C=O) groups excluding carboxylic acids is 1. The van der Waals surface area contributed by atoms with Crippen LogP contribution in [0, 0.1) is 26.7 Å². The van der Waals surface area contributed by atoms with Crippen LogP contribution in [0.4, 0.5) is 5.69 Å². The zero-order chi connectivity index (χ0) is 18.6. The van der Waals surface area contributed by atoms with Crippen LogP contribution in [0.3, 0.4) is 0 Å². The van der Waals surface area contributed by atoms with Gasteiger partial charge in [-0.05, 0) is 44.2 Å². The second kappa shape index (κ2) is 8.56. The van der Waals surface area contributed by atoms with Crippen molar-refractivity contribution in [1.82, 2.24) is 9.55 Å². The minimum Gasteiger partial charge on any atom is -0.325 e. The number of nitrogens with one attached hydrogen (secondary N) is 1. The number of aryl methyl sites for hydroxylation is 3. The highest BCUT2D eigenvalue weighted by molar-refractivity contribution is 7.99. The first kappa shape index (κ1) is 19.6. The van der Waals surface area contributed by atoms with Gasteiger partial charge in [-0.2, -0.15) is 0 Å². The van der Waals surface area contributed by atoms with Gasteiger partial charge in [-0.3, -0.25) is 4.79 Å². The molecule has 0 radical (unpaired) electrons. The highest BCUT2D eigenvalue weighted by Gasteiger charge is 2.15. The first-order chi connectivity index (χ1) is 11.8. The van der Waals surface area contributed by atoms with Crippen molar-refractivity contribution in [2.24, 2.45) is 5.92 Å². The SMILES string of the molecule is CCc1cccc(C)c1NC(=O)CSc1nc(C)c(C)n1CC(C)C. The molecule has 0 saturated carbocycles. The van der Waals surface area contributed by atoms with Gasteiger partial charge in [0.15, 0.2) is 5.16 Å². The molecule has 0 aliphatic carbocycles. The Hall–Kier alpha value is -1.75. The molecule has 1 N–H and O–H groups in total. The van der Waals surface area contributed by atoms with Crippen LogP contribution < -0.4 is 5.32 Å². The van der Waals surface area contributed by atoms with Crippen molar-refractivity contribution in [3.63, 3.8) is 0 Å². The first-order valence-corrected chi connectivity index (χ1v) is 9.86. The summed E-state index contributed by atoms with van der Waals surface area (Å²) in [5.41, 5.74) is 5.45. The quantitative estimate of drug-likeness (QED) is 0.725. The number of carbonyl (C=O) groups is 1. The summed E-state index contributed by atoms with van der Waals surface area (Å²) in [6, 6.07) is 6.13. The van der Waals surface area contributed by atoms with E-state index in [9.17, 15) is 4.79 Å². The van der Waals surface area contributed by atoms with Crippen LogP contribution in [0.1, 0.15) is 43.3 Å². The van der Waals surface area contributed by atoms with Gasteiger partial charge in [0.25, 0.3) is 0 Å². The zero-order valence-corrected chi connectivity index (χ0v) is 17.0. The van der Waals surface area contributed by atoms with Gasteiger partial charge in [-0.25, -0.2) is 4.98 Å². The van der Waals surface area contributed by atoms with Crippen LogP contribution >= 0.6 is 11.8 Å². The number of anilines is 1. The predicted molar refractivity (Wildman–Crippen MR) is 106 cm³/mol. The van der Waals surface area contributed by atoms with Crippen molar-refractivity contribution in [3.8, 4) is 0 Å². The maximum absolute atomic E-state index is 12.5. The van der Waals surface area contributed by atoms with Crippen molar-refractivity contribution in [2.75, 3.05) is 11.1 Å². The average molecular weight is 360 g/mol. The van der Waals surface area contributed by atoms with Crippen LogP contribution in [-0.4, -0.2) is 21.2 Å². The number of imidazole rings is 1. The van der Waals surface area contributed by atoms with E-state index in [1.54, 1.807) is 0 Å². The summed E-state index contributed by atoms with van der Waals surface area (Å²) in [5.74, 6) is 0.925. The Morgan fingerprint density at radius 1 is 1.28 bits per heavy atom. The maximum atomic E-state index is 12.5. The molecule has 1 amide bonds. The molecular weight excluding hydrogens is 330 g/mol. The lowest BCUT2D eigenvalue weighted by Crippen LogP contribution is -2.17. The fraction of sp³-hybridized carbons (Fsp3) is 0.500. The second-order valence-electron chi connectivity index (χ2n) is 6.87. The third-order valence-electron chi connectivity index (χ3n) is 4.31. The van der Waals surface area contributed by atoms with Gasteiger partial charge in [0.2, 0.25) is 5.91 Å². The summed E-state index contributed by atoms with van der Waals surface area (Å²) in [6.45, 7) is 13.6. The Morgan fingerprint density at radius 3 is 2.64 bits per heavy atom. The van der Waals surface area contributed by atoms with Gasteiger partial charge in [0, 0.05) is 17.9 Å². The van der Waals surface area contributed by atoms with Gasteiger partial charge >= 0.3 is 0 Å². The molecule has 0 atom stereocenters. The van der Waals surface area contributed by atoms with Crippen molar-refractivity contribution >= 4 is 23.4 Å². The summed E-state index contributed by atoms with van der Waals surface area (Å²) in [4.78, 5) is 17.1. The van der Waals surface area contributed by atoms with Gasteiger partial charge in [-0.15, -0.1) is 0 Å². The summed E-state index contributed by atoms with van der Waals surface area (Å²) in [6.07, 6.45) is 0.904. The standard InChI is InChI=1S/C20H29N3OS/c1-7-17-10-8-9-14(4)19(17)22-18(24)12-25-20-21-15(5)16(6)23(20)11-13(2)3/h8-10,13H,7,11-12H2,1-6H3,(H,22,24). The number of rotatable bonds is 7. The topological polar surface area (TPSA) is 46.9 Å². The van der Waals surface area contributed by atoms with Gasteiger partial charge in [0.05, 0.1) is 11.4 Å². The molecule has 1 aromatic heterocycles. The molecule has 2 aromatic rings. The largest absolute Gasteiger partial charge is 0.325 e. The van der Waals surface area contributed by atoms with E-state index < -0.39 is 0 Å². The van der Waals surface area contributed by atoms with E-state index in [1.807, 2.05) is 26.0 Å². The molecule has 5 heteroatoms. The van der Waals surface area contributed by atoms with E-state index >= 15 is 0 Å². The van der Waals surface area contributed by atoms with Crippen LogP contribution in [-0.2, 0) is 17.8 Å². The molecule has 25 heavy (non-hydrogen) atoms. The molecule has 136 valence electrons. The van der Waals surface area contributed by atoms with E-state index in [2.05, 4.69) is 48.6 Å². The first-order valence-electron chi connectivity index (χ1n) is 8.88. The lowest BCUT2D eigenvalue weighted by Gasteiger charge is -2.14. The molecular formula is C20H29N3OS. The lowest BCUT2D eigenvalue weighted by atomic mass is 10.1. The number of hydrogen-bond donors (Lipinski definition) is 1. The summed E-state index contributed by atoms with van der Waals surface area (Å²) >= 11 is 1.51. The fourth-order valence-corrected chi connectivity index (χ4v) is 3.72. The molecule has 1 heterocycles. The number of aromatic nitrogens is 2. The minimum absolute atomic E-state index is 0.0170. The molecule has 0 bridgehead atoms. The van der Waals surface area contributed by atoms with Crippen molar-refractivity contribution in [2.45, 2.75) is 59.7 Å². The molecule has 1 aromatic carbocycles. The van der Waals surface area contributed by atoms with Gasteiger partial charge in [0.1, 0.15) is 0 Å². The van der Waals surface area contributed by atoms with Gasteiger partial charge in [-0.1, -0.05) is 50.7 Å². The number of hydrogen-bond acceptors (Lipinski definition) is 3. The smallest absolute Gasteiger partial charge is 0.234 e. The fourth-order valence-electron chi connectivity index (χ4n) is 2.82. The molecule has 4 nitrogen and oxygen atoms in total. The highest BCUT2D eigenvalue weighted by Crippen LogP contribution is 2.24. The molecule has 0 unspecified atom stereocenters. The molecule has 0 aliphatic heterocycles. The molecule has 0 spiro atoms.